The highest BCUT2D eigenvalue weighted by Gasteiger charge is 2.87. The summed E-state index contributed by atoms with van der Waals surface area (Å²) in [5.74, 6) is -4.73. The zero-order valence-corrected chi connectivity index (χ0v) is 17.0. The van der Waals surface area contributed by atoms with Gasteiger partial charge in [-0.05, 0) is 42.9 Å². The Labute approximate surface area is 169 Å². The summed E-state index contributed by atoms with van der Waals surface area (Å²) in [7, 11) is 1.50. The van der Waals surface area contributed by atoms with Crippen LogP contribution in [0, 0.1) is 39.9 Å². The van der Waals surface area contributed by atoms with E-state index in [0.717, 1.165) is 0 Å². The van der Waals surface area contributed by atoms with E-state index in [2.05, 4.69) is 0 Å². The van der Waals surface area contributed by atoms with Crippen LogP contribution in [0.25, 0.3) is 0 Å². The Balaban J connectivity index is 1.75. The van der Waals surface area contributed by atoms with Crippen LogP contribution in [0.15, 0.2) is 0 Å². The van der Waals surface area contributed by atoms with E-state index in [1.807, 2.05) is 6.92 Å². The lowest BCUT2D eigenvalue weighted by Crippen LogP contribution is -2.86. The van der Waals surface area contributed by atoms with E-state index in [-0.39, 0.29) is 31.5 Å². The fraction of sp³-hybridized carbons (Fsp3) is 0.952. The van der Waals surface area contributed by atoms with Gasteiger partial charge in [0.1, 0.15) is 11.5 Å². The molecule has 2 saturated heterocycles. The van der Waals surface area contributed by atoms with Crippen LogP contribution < -0.4 is 0 Å². The van der Waals surface area contributed by atoms with Gasteiger partial charge in [-0.1, -0.05) is 6.92 Å². The summed E-state index contributed by atoms with van der Waals surface area (Å²) in [4.78, 5) is 13.8. The Morgan fingerprint density at radius 1 is 1.17 bits per heavy atom. The molecule has 4 aliphatic carbocycles. The van der Waals surface area contributed by atoms with Crippen LogP contribution in [0.1, 0.15) is 32.6 Å². The van der Waals surface area contributed by atoms with Gasteiger partial charge in [0.2, 0.25) is 5.79 Å². The molecule has 0 unspecified atom stereocenters. The van der Waals surface area contributed by atoms with Crippen molar-refractivity contribution in [1.29, 1.82) is 0 Å². The molecule has 0 amide bonds. The summed E-state index contributed by atoms with van der Waals surface area (Å²) in [5.41, 5.74) is -3.43. The van der Waals surface area contributed by atoms with E-state index in [1.165, 1.54) is 7.11 Å². The summed E-state index contributed by atoms with van der Waals surface area (Å²) >= 11 is 0. The van der Waals surface area contributed by atoms with Gasteiger partial charge in [-0.3, -0.25) is 4.79 Å². The van der Waals surface area contributed by atoms with E-state index in [1.54, 1.807) is 0 Å². The zero-order chi connectivity index (χ0) is 21.0. The second-order valence-electron chi connectivity index (χ2n) is 10.4. The van der Waals surface area contributed by atoms with Gasteiger partial charge >= 0.3 is 0 Å². The maximum absolute atomic E-state index is 13.8. The molecule has 0 aromatic carbocycles. The minimum Gasteiger partial charge on any atom is -0.396 e. The van der Waals surface area contributed by atoms with E-state index < -0.39 is 58.1 Å². The van der Waals surface area contributed by atoms with Crippen molar-refractivity contribution in [1.82, 2.24) is 0 Å². The zero-order valence-electron chi connectivity index (χ0n) is 17.0. The minimum atomic E-state index is -2.25. The molecule has 164 valence electrons. The first-order chi connectivity index (χ1) is 13.7. The van der Waals surface area contributed by atoms with E-state index in [4.69, 9.17) is 9.47 Å². The van der Waals surface area contributed by atoms with Crippen LogP contribution in [0.5, 0.6) is 0 Å². The molecule has 0 aromatic rings. The van der Waals surface area contributed by atoms with Crippen molar-refractivity contribution in [2.24, 2.45) is 39.9 Å². The second kappa shape index (κ2) is 6.00. The molecule has 2 aliphatic heterocycles. The van der Waals surface area contributed by atoms with Gasteiger partial charge in [0.25, 0.3) is 0 Å². The minimum absolute atomic E-state index is 0.00594. The number of rotatable bonds is 3. The number of carbonyl (C=O) groups is 1. The maximum atomic E-state index is 13.8. The molecule has 0 radical (unpaired) electrons. The molecule has 6 rings (SSSR count). The van der Waals surface area contributed by atoms with Crippen molar-refractivity contribution in [3.8, 4) is 0 Å². The molecule has 4 bridgehead atoms. The van der Waals surface area contributed by atoms with Crippen LogP contribution in [-0.4, -0.2) is 82.3 Å². The predicted molar refractivity (Wildman–Crippen MR) is 98.3 cm³/mol. The lowest BCUT2D eigenvalue weighted by molar-refractivity contribution is -0.459. The second-order valence-corrected chi connectivity index (χ2v) is 10.4. The summed E-state index contributed by atoms with van der Waals surface area (Å²) in [5, 5.41) is 56.0. The normalized spacial score (nSPS) is 60.8. The molecule has 2 spiro atoms. The number of ether oxygens (including phenoxy) is 2. The highest BCUT2D eigenvalue weighted by atomic mass is 16.6. The molecule has 5 N–H and O–H groups in total. The molecule has 4 saturated carbocycles. The molecule has 6 aliphatic rings. The molecular weight excluding hydrogens is 380 g/mol. The van der Waals surface area contributed by atoms with Crippen LogP contribution in [-0.2, 0) is 14.3 Å². The Bertz CT molecular complexity index is 729. The van der Waals surface area contributed by atoms with Gasteiger partial charge in [0.05, 0.1) is 25.4 Å². The van der Waals surface area contributed by atoms with Gasteiger partial charge in [0, 0.05) is 31.0 Å². The number of hydrogen-bond acceptors (Lipinski definition) is 8. The number of methoxy groups -OCH3 is 1. The Kier molecular flexibility index (Phi) is 4.20. The fourth-order valence-corrected chi connectivity index (χ4v) is 8.48. The number of hydrogen-bond donors (Lipinski definition) is 5. The summed E-state index contributed by atoms with van der Waals surface area (Å²) in [6.07, 6.45) is -1.51. The third kappa shape index (κ3) is 1.90. The fourth-order valence-electron chi connectivity index (χ4n) is 8.48. The van der Waals surface area contributed by atoms with Gasteiger partial charge < -0.3 is 35.0 Å². The highest BCUT2D eigenvalue weighted by Crippen LogP contribution is 2.76. The monoisotopic (exact) mass is 412 g/mol. The van der Waals surface area contributed by atoms with Crippen molar-refractivity contribution in [2.45, 2.75) is 56.7 Å². The average molecular weight is 412 g/mol. The van der Waals surface area contributed by atoms with E-state index >= 15 is 0 Å². The van der Waals surface area contributed by atoms with Crippen LogP contribution in [0.3, 0.4) is 0 Å². The number of aliphatic hydroxyl groups excluding tert-OH is 4. The van der Waals surface area contributed by atoms with E-state index in [0.29, 0.717) is 25.7 Å². The van der Waals surface area contributed by atoms with Gasteiger partial charge in [-0.25, -0.2) is 0 Å². The summed E-state index contributed by atoms with van der Waals surface area (Å²) in [6.45, 7) is 1.78. The van der Waals surface area contributed by atoms with Crippen molar-refractivity contribution < 1.29 is 39.8 Å². The molecule has 2 heterocycles. The Hall–Kier alpha value is -0.610. The molecule has 29 heavy (non-hydrogen) atoms. The Morgan fingerprint density at radius 2 is 1.90 bits per heavy atom. The SMILES string of the molecule is COC[C@H]1C(=O)[C@]23[C@H](O)[C@H]1CC[C@H]2[C@@]12CO[C@@]3(O)[C@@H](O)[C@@H]1[C@](C)(CO)CC[C@@H]2O. The number of Topliss-reactive ketones (excluding diaryl/α,β-unsaturated/α-hetero) is 1. The number of aliphatic hydroxyl groups is 5. The molecule has 11 atom stereocenters. The Morgan fingerprint density at radius 3 is 2.55 bits per heavy atom. The third-order valence-electron chi connectivity index (χ3n) is 9.62. The number of ketones is 1. The molecule has 0 aromatic heterocycles. The van der Waals surface area contributed by atoms with Crippen LogP contribution in [0.2, 0.25) is 0 Å². The molecular formula is C21H32O8. The van der Waals surface area contributed by atoms with Gasteiger partial charge in [0.15, 0.2) is 5.78 Å². The highest BCUT2D eigenvalue weighted by molar-refractivity contribution is 5.93. The third-order valence-corrected chi connectivity index (χ3v) is 9.62. The first-order valence-electron chi connectivity index (χ1n) is 10.7. The van der Waals surface area contributed by atoms with Crippen molar-refractivity contribution >= 4 is 5.78 Å². The van der Waals surface area contributed by atoms with Gasteiger partial charge in [-0.15, -0.1) is 0 Å². The van der Waals surface area contributed by atoms with Gasteiger partial charge in [-0.2, -0.15) is 0 Å². The topological polar surface area (TPSA) is 137 Å². The summed E-state index contributed by atoms with van der Waals surface area (Å²) < 4.78 is 11.1. The smallest absolute Gasteiger partial charge is 0.208 e. The first-order valence-corrected chi connectivity index (χ1v) is 10.7. The lowest BCUT2D eigenvalue weighted by Gasteiger charge is -2.74. The average Bonchev–Trinajstić information content (AvgIpc) is 2.81. The van der Waals surface area contributed by atoms with Crippen molar-refractivity contribution in [2.75, 3.05) is 26.9 Å². The van der Waals surface area contributed by atoms with Crippen molar-refractivity contribution in [3.05, 3.63) is 0 Å². The van der Waals surface area contributed by atoms with Crippen LogP contribution in [0.4, 0.5) is 0 Å². The van der Waals surface area contributed by atoms with Crippen molar-refractivity contribution in [3.63, 3.8) is 0 Å². The first kappa shape index (κ1) is 20.3. The summed E-state index contributed by atoms with van der Waals surface area (Å²) in [6, 6.07) is 0. The van der Waals surface area contributed by atoms with E-state index in [9.17, 15) is 30.3 Å². The predicted octanol–water partition coefficient (Wildman–Crippen LogP) is -0.946. The lowest BCUT2D eigenvalue weighted by atomic mass is 9.35. The largest absolute Gasteiger partial charge is 0.396 e. The number of carbonyl (C=O) groups excluding carboxylic acids is 1. The standard InChI is InChI=1S/C21H32O8/c1-18(8-22)6-5-13(23)19-9-29-21(27,17(26)14(18)19)20-12(19)4-3-10(15(20)24)11(7-28-2)16(20)25/h10-15,17,22-24,26-27H,3-9H2,1-2H3/t10-,11+,12-,13-,14+,15+,17-,18-,19+,20+,21-/m0/s1. The molecule has 8 nitrogen and oxygen atoms in total. The quantitative estimate of drug-likeness (QED) is 0.400. The molecule has 8 heteroatoms. The maximum Gasteiger partial charge on any atom is 0.208 e. The molecule has 6 fully saturated rings. The number of fused-ring (bicyclic) bond motifs is 2. The van der Waals surface area contributed by atoms with Crippen LogP contribution >= 0.6 is 0 Å².